The number of unbranched alkanes of at least 4 members (excludes halogenated alkanes) is 1. The zero-order valence-electron chi connectivity index (χ0n) is 13.8. The minimum Gasteiger partial charge on any atom is -0.382 e. The van der Waals surface area contributed by atoms with E-state index in [1.165, 1.54) is 38.5 Å². The molecule has 0 unspecified atom stereocenters. The van der Waals surface area contributed by atoms with Gasteiger partial charge in [0.2, 0.25) is 0 Å². The van der Waals surface area contributed by atoms with Crippen LogP contribution < -0.4 is 10.6 Å². The third-order valence-corrected chi connectivity index (χ3v) is 3.99. The molecule has 1 aliphatic carbocycles. The van der Waals surface area contributed by atoms with Gasteiger partial charge < -0.3 is 15.4 Å². The number of hydrogen-bond acceptors (Lipinski definition) is 2. The number of rotatable bonds is 10. The number of guanidine groups is 1. The van der Waals surface area contributed by atoms with Gasteiger partial charge in [0.05, 0.1) is 0 Å². The summed E-state index contributed by atoms with van der Waals surface area (Å²) < 4.78 is 5.32. The summed E-state index contributed by atoms with van der Waals surface area (Å²) in [4.78, 5) is 4.25. The van der Waals surface area contributed by atoms with Gasteiger partial charge in [0.25, 0.3) is 0 Å². The molecule has 0 radical (unpaired) electrons. The van der Waals surface area contributed by atoms with Gasteiger partial charge in [-0.25, -0.2) is 0 Å². The van der Waals surface area contributed by atoms with Gasteiger partial charge in [-0.15, -0.1) is 24.0 Å². The Balaban J connectivity index is 0.00000400. The molecule has 0 atom stereocenters. The van der Waals surface area contributed by atoms with E-state index in [9.17, 15) is 0 Å². The molecule has 0 amide bonds. The first kappa shape index (κ1) is 21.0. The normalized spacial score (nSPS) is 15.8. The zero-order chi connectivity index (χ0) is 14.5. The number of ether oxygens (including phenoxy) is 1. The smallest absolute Gasteiger partial charge is 0.190 e. The molecule has 0 aliphatic heterocycles. The molecule has 0 aromatic heterocycles. The lowest BCUT2D eigenvalue weighted by molar-refractivity contribution is 0.143. The Morgan fingerprint density at radius 2 is 1.76 bits per heavy atom. The van der Waals surface area contributed by atoms with Crippen LogP contribution in [0.1, 0.15) is 58.3 Å². The van der Waals surface area contributed by atoms with Crippen LogP contribution in [0.3, 0.4) is 0 Å². The van der Waals surface area contributed by atoms with Crippen molar-refractivity contribution in [3.05, 3.63) is 0 Å². The summed E-state index contributed by atoms with van der Waals surface area (Å²) in [6.45, 7) is 5.73. The van der Waals surface area contributed by atoms with Gasteiger partial charge in [0.15, 0.2) is 5.96 Å². The highest BCUT2D eigenvalue weighted by atomic mass is 127. The second kappa shape index (κ2) is 14.9. The average Bonchev–Trinajstić information content (AvgIpc) is 2.98. The summed E-state index contributed by atoms with van der Waals surface area (Å²) in [6.07, 6.45) is 10.7. The molecule has 1 rings (SSSR count). The summed E-state index contributed by atoms with van der Waals surface area (Å²) in [6, 6.07) is 0. The van der Waals surface area contributed by atoms with E-state index in [0.717, 1.165) is 51.0 Å². The number of nitrogens with one attached hydrogen (secondary N) is 2. The highest BCUT2D eigenvalue weighted by molar-refractivity contribution is 14.0. The minimum atomic E-state index is 0. The lowest BCUT2D eigenvalue weighted by Crippen LogP contribution is -2.38. The number of hydrogen-bond donors (Lipinski definition) is 2. The summed E-state index contributed by atoms with van der Waals surface area (Å²) in [7, 11) is 1.84. The molecular formula is C16H34IN3O. The highest BCUT2D eigenvalue weighted by Crippen LogP contribution is 2.28. The molecule has 4 nitrogen and oxygen atoms in total. The first-order valence-corrected chi connectivity index (χ1v) is 8.39. The second-order valence-corrected chi connectivity index (χ2v) is 5.62. The van der Waals surface area contributed by atoms with Crippen molar-refractivity contribution in [2.45, 2.75) is 58.3 Å². The summed E-state index contributed by atoms with van der Waals surface area (Å²) in [5.41, 5.74) is 0. The molecule has 0 aromatic carbocycles. The summed E-state index contributed by atoms with van der Waals surface area (Å²) in [5.74, 6) is 1.93. The van der Waals surface area contributed by atoms with Gasteiger partial charge >= 0.3 is 0 Å². The van der Waals surface area contributed by atoms with Gasteiger partial charge in [-0.05, 0) is 38.5 Å². The van der Waals surface area contributed by atoms with Crippen LogP contribution in [-0.2, 0) is 4.74 Å². The van der Waals surface area contributed by atoms with Crippen molar-refractivity contribution >= 4 is 29.9 Å². The Kier molecular flexibility index (Phi) is 14.9. The summed E-state index contributed by atoms with van der Waals surface area (Å²) in [5, 5.41) is 6.76. The van der Waals surface area contributed by atoms with Crippen molar-refractivity contribution in [2.24, 2.45) is 10.9 Å². The van der Waals surface area contributed by atoms with Crippen molar-refractivity contribution in [2.75, 3.05) is 33.4 Å². The zero-order valence-corrected chi connectivity index (χ0v) is 16.2. The van der Waals surface area contributed by atoms with Crippen molar-refractivity contribution in [1.82, 2.24) is 10.6 Å². The van der Waals surface area contributed by atoms with Crippen LogP contribution in [-0.4, -0.2) is 39.3 Å². The van der Waals surface area contributed by atoms with Crippen LogP contribution >= 0.6 is 24.0 Å². The molecule has 0 aromatic rings. The SMILES string of the molecule is CCOCCCCNC(=NC)NCCCC1CCCC1.I. The molecule has 0 heterocycles. The number of nitrogens with zero attached hydrogens (tertiary/aromatic N) is 1. The van der Waals surface area contributed by atoms with E-state index in [0.29, 0.717) is 0 Å². The van der Waals surface area contributed by atoms with Crippen LogP contribution in [0.4, 0.5) is 0 Å². The third-order valence-electron chi connectivity index (χ3n) is 3.99. The van der Waals surface area contributed by atoms with E-state index in [-0.39, 0.29) is 24.0 Å². The molecule has 2 N–H and O–H groups in total. The first-order valence-electron chi connectivity index (χ1n) is 8.39. The maximum absolute atomic E-state index is 5.32. The Hall–Kier alpha value is -0.0400. The molecule has 1 aliphatic rings. The molecule has 5 heteroatoms. The number of halogens is 1. The fraction of sp³-hybridized carbons (Fsp3) is 0.938. The molecule has 0 bridgehead atoms. The van der Waals surface area contributed by atoms with E-state index < -0.39 is 0 Å². The highest BCUT2D eigenvalue weighted by Gasteiger charge is 2.13. The van der Waals surface area contributed by atoms with Crippen LogP contribution in [0.25, 0.3) is 0 Å². The Morgan fingerprint density at radius 3 is 2.38 bits per heavy atom. The monoisotopic (exact) mass is 411 g/mol. The van der Waals surface area contributed by atoms with E-state index in [4.69, 9.17) is 4.74 Å². The van der Waals surface area contributed by atoms with Gasteiger partial charge in [-0.1, -0.05) is 25.7 Å². The van der Waals surface area contributed by atoms with E-state index >= 15 is 0 Å². The molecule has 1 saturated carbocycles. The summed E-state index contributed by atoms with van der Waals surface area (Å²) >= 11 is 0. The standard InChI is InChI=1S/C16H33N3O.HI/c1-3-20-14-7-6-12-18-16(17-2)19-13-8-11-15-9-4-5-10-15;/h15H,3-14H2,1-2H3,(H2,17,18,19);1H. The van der Waals surface area contributed by atoms with Crippen molar-refractivity contribution in [3.8, 4) is 0 Å². The number of aliphatic imine (C=N–C) groups is 1. The topological polar surface area (TPSA) is 45.6 Å². The van der Waals surface area contributed by atoms with Crippen molar-refractivity contribution in [1.29, 1.82) is 0 Å². The molecular weight excluding hydrogens is 377 g/mol. The Morgan fingerprint density at radius 1 is 1.10 bits per heavy atom. The maximum atomic E-state index is 5.32. The average molecular weight is 411 g/mol. The lowest BCUT2D eigenvalue weighted by atomic mass is 10.0. The Labute approximate surface area is 147 Å². The predicted octanol–water partition coefficient (Wildman–Crippen LogP) is 3.56. The van der Waals surface area contributed by atoms with Crippen LogP contribution in [0.15, 0.2) is 4.99 Å². The largest absolute Gasteiger partial charge is 0.382 e. The van der Waals surface area contributed by atoms with Crippen LogP contribution in [0.5, 0.6) is 0 Å². The minimum absolute atomic E-state index is 0. The van der Waals surface area contributed by atoms with Crippen molar-refractivity contribution < 1.29 is 4.74 Å². The molecule has 21 heavy (non-hydrogen) atoms. The first-order chi connectivity index (χ1) is 9.86. The van der Waals surface area contributed by atoms with Crippen molar-refractivity contribution in [3.63, 3.8) is 0 Å². The maximum Gasteiger partial charge on any atom is 0.190 e. The molecule has 0 spiro atoms. The molecule has 0 saturated heterocycles. The van der Waals surface area contributed by atoms with Gasteiger partial charge in [-0.3, -0.25) is 4.99 Å². The quantitative estimate of drug-likeness (QED) is 0.250. The van der Waals surface area contributed by atoms with Gasteiger partial charge in [0, 0.05) is 33.4 Å². The van der Waals surface area contributed by atoms with E-state index in [1.807, 2.05) is 14.0 Å². The molecule has 1 fully saturated rings. The molecule has 126 valence electrons. The predicted molar refractivity (Wildman–Crippen MR) is 102 cm³/mol. The fourth-order valence-electron chi connectivity index (χ4n) is 2.80. The van der Waals surface area contributed by atoms with Crippen LogP contribution in [0.2, 0.25) is 0 Å². The van der Waals surface area contributed by atoms with Crippen LogP contribution in [0, 0.1) is 5.92 Å². The van der Waals surface area contributed by atoms with E-state index in [1.54, 1.807) is 0 Å². The fourth-order valence-corrected chi connectivity index (χ4v) is 2.80. The van der Waals surface area contributed by atoms with Gasteiger partial charge in [-0.2, -0.15) is 0 Å². The van der Waals surface area contributed by atoms with E-state index in [2.05, 4.69) is 15.6 Å². The third kappa shape index (κ3) is 11.2. The second-order valence-electron chi connectivity index (χ2n) is 5.62. The lowest BCUT2D eigenvalue weighted by Gasteiger charge is -2.13. The van der Waals surface area contributed by atoms with Gasteiger partial charge in [0.1, 0.15) is 0 Å². The Bertz CT molecular complexity index is 256.